The Labute approximate surface area is 114 Å². The zero-order valence-corrected chi connectivity index (χ0v) is 11.5. The molecule has 1 unspecified atom stereocenters. The molecule has 3 N–H and O–H groups in total. The summed E-state index contributed by atoms with van der Waals surface area (Å²) in [7, 11) is 0. The Hall–Kier alpha value is -1.13. The fraction of sp³-hybridized carbons (Fsp3) is 0.600. The van der Waals surface area contributed by atoms with E-state index in [0.717, 1.165) is 18.5 Å². The molecule has 0 amide bonds. The van der Waals surface area contributed by atoms with E-state index in [1.54, 1.807) is 13.0 Å². The third-order valence-corrected chi connectivity index (χ3v) is 3.90. The number of nitrogens with two attached hydrogens (primary N) is 1. The number of benzene rings is 1. The lowest BCUT2D eigenvalue weighted by Crippen LogP contribution is -2.37. The van der Waals surface area contributed by atoms with E-state index in [9.17, 15) is 9.50 Å². The van der Waals surface area contributed by atoms with Crippen LogP contribution in [-0.2, 0) is 0 Å². The van der Waals surface area contributed by atoms with Crippen molar-refractivity contribution in [3.63, 3.8) is 0 Å². The molecule has 1 aliphatic carbocycles. The van der Waals surface area contributed by atoms with Gasteiger partial charge in [-0.15, -0.1) is 0 Å². The van der Waals surface area contributed by atoms with Gasteiger partial charge in [0.25, 0.3) is 0 Å². The minimum absolute atomic E-state index is 0.0748. The summed E-state index contributed by atoms with van der Waals surface area (Å²) in [6.45, 7) is 2.41. The molecule has 0 saturated heterocycles. The van der Waals surface area contributed by atoms with Crippen LogP contribution in [0, 0.1) is 5.82 Å². The summed E-state index contributed by atoms with van der Waals surface area (Å²) in [5, 5.41) is 9.29. The van der Waals surface area contributed by atoms with E-state index in [2.05, 4.69) is 4.90 Å². The first-order valence-corrected chi connectivity index (χ1v) is 7.06. The highest BCUT2D eigenvalue weighted by Gasteiger charge is 2.26. The van der Waals surface area contributed by atoms with Crippen molar-refractivity contribution in [1.29, 1.82) is 0 Å². The molecule has 19 heavy (non-hydrogen) atoms. The van der Waals surface area contributed by atoms with E-state index in [4.69, 9.17) is 5.73 Å². The summed E-state index contributed by atoms with van der Waals surface area (Å²) in [6.07, 6.45) is 4.62. The normalized spacial score (nSPS) is 17.7. The SMILES string of the molecule is CC(N)c1c(F)cccc1N(CCO)C1CCCC1. The average Bonchev–Trinajstić information content (AvgIpc) is 2.88. The molecule has 1 atom stereocenters. The Bertz CT molecular complexity index is 417. The number of hydrogen-bond acceptors (Lipinski definition) is 3. The Morgan fingerprint density at radius 2 is 2.11 bits per heavy atom. The number of nitrogens with zero attached hydrogens (tertiary/aromatic N) is 1. The number of hydrogen-bond donors (Lipinski definition) is 2. The predicted octanol–water partition coefficient (Wildman–Crippen LogP) is 2.59. The molecule has 1 aliphatic rings. The number of aliphatic hydroxyl groups is 1. The van der Waals surface area contributed by atoms with Crippen molar-refractivity contribution in [2.75, 3.05) is 18.1 Å². The molecule has 3 nitrogen and oxygen atoms in total. The van der Waals surface area contributed by atoms with Crippen molar-refractivity contribution in [3.8, 4) is 0 Å². The predicted molar refractivity (Wildman–Crippen MR) is 75.7 cm³/mol. The van der Waals surface area contributed by atoms with Crippen molar-refractivity contribution in [3.05, 3.63) is 29.6 Å². The van der Waals surface area contributed by atoms with Gasteiger partial charge in [0.05, 0.1) is 6.61 Å². The van der Waals surface area contributed by atoms with Gasteiger partial charge < -0.3 is 15.7 Å². The molecule has 1 saturated carbocycles. The number of aliphatic hydroxyl groups excluding tert-OH is 1. The molecular weight excluding hydrogens is 243 g/mol. The highest BCUT2D eigenvalue weighted by molar-refractivity contribution is 5.56. The molecule has 0 spiro atoms. The lowest BCUT2D eigenvalue weighted by Gasteiger charge is -2.33. The Balaban J connectivity index is 2.37. The van der Waals surface area contributed by atoms with Crippen LogP contribution in [0.25, 0.3) is 0 Å². The highest BCUT2D eigenvalue weighted by Crippen LogP contribution is 2.33. The first-order valence-electron chi connectivity index (χ1n) is 7.06. The summed E-state index contributed by atoms with van der Waals surface area (Å²) < 4.78 is 14.0. The van der Waals surface area contributed by atoms with E-state index < -0.39 is 0 Å². The fourth-order valence-electron chi connectivity index (χ4n) is 3.05. The fourth-order valence-corrected chi connectivity index (χ4v) is 3.05. The summed E-state index contributed by atoms with van der Waals surface area (Å²) in [5.41, 5.74) is 7.32. The third-order valence-electron chi connectivity index (χ3n) is 3.90. The molecule has 1 aromatic rings. The highest BCUT2D eigenvalue weighted by atomic mass is 19.1. The van der Waals surface area contributed by atoms with Crippen LogP contribution in [0.15, 0.2) is 18.2 Å². The molecule has 0 bridgehead atoms. The second-order valence-corrected chi connectivity index (χ2v) is 5.32. The summed E-state index contributed by atoms with van der Waals surface area (Å²) >= 11 is 0. The molecule has 106 valence electrons. The summed E-state index contributed by atoms with van der Waals surface area (Å²) in [5.74, 6) is -0.256. The van der Waals surface area contributed by atoms with Gasteiger partial charge in [-0.1, -0.05) is 18.9 Å². The first-order chi connectivity index (χ1) is 9.15. The van der Waals surface area contributed by atoms with Crippen LogP contribution >= 0.6 is 0 Å². The van der Waals surface area contributed by atoms with Gasteiger partial charge in [0.2, 0.25) is 0 Å². The van der Waals surface area contributed by atoms with E-state index in [-0.39, 0.29) is 18.5 Å². The molecule has 1 aromatic carbocycles. The zero-order valence-electron chi connectivity index (χ0n) is 11.5. The second kappa shape index (κ2) is 6.35. The van der Waals surface area contributed by atoms with Crippen molar-refractivity contribution < 1.29 is 9.50 Å². The minimum atomic E-state index is -0.348. The molecule has 0 aromatic heterocycles. The van der Waals surface area contributed by atoms with Gasteiger partial charge in [-0.05, 0) is 31.9 Å². The van der Waals surface area contributed by atoms with Crippen LogP contribution in [0.4, 0.5) is 10.1 Å². The molecule has 0 aliphatic heterocycles. The number of anilines is 1. The van der Waals surface area contributed by atoms with Crippen molar-refractivity contribution >= 4 is 5.69 Å². The summed E-state index contributed by atoms with van der Waals surface area (Å²) in [6, 6.07) is 5.13. The van der Waals surface area contributed by atoms with E-state index in [1.165, 1.54) is 18.9 Å². The molecule has 4 heteroatoms. The van der Waals surface area contributed by atoms with Crippen molar-refractivity contribution in [2.45, 2.75) is 44.7 Å². The Morgan fingerprint density at radius 1 is 1.42 bits per heavy atom. The van der Waals surface area contributed by atoms with Gasteiger partial charge >= 0.3 is 0 Å². The van der Waals surface area contributed by atoms with Crippen LogP contribution in [0.5, 0.6) is 0 Å². The number of halogens is 1. The van der Waals surface area contributed by atoms with Gasteiger partial charge in [0.15, 0.2) is 0 Å². The lowest BCUT2D eigenvalue weighted by molar-refractivity contribution is 0.297. The van der Waals surface area contributed by atoms with E-state index >= 15 is 0 Å². The first kappa shape index (κ1) is 14.3. The maximum atomic E-state index is 14.0. The minimum Gasteiger partial charge on any atom is -0.395 e. The molecule has 1 fully saturated rings. The second-order valence-electron chi connectivity index (χ2n) is 5.32. The van der Waals surface area contributed by atoms with Gasteiger partial charge in [-0.25, -0.2) is 4.39 Å². The standard InChI is InChI=1S/C15H23FN2O/c1-11(17)15-13(16)7-4-8-14(15)18(9-10-19)12-5-2-3-6-12/h4,7-8,11-12,19H,2-3,5-6,9-10,17H2,1H3. The smallest absolute Gasteiger partial charge is 0.130 e. The van der Waals surface area contributed by atoms with Crippen LogP contribution in [-0.4, -0.2) is 24.3 Å². The van der Waals surface area contributed by atoms with Gasteiger partial charge in [0, 0.05) is 29.9 Å². The number of rotatable bonds is 5. The van der Waals surface area contributed by atoms with Crippen LogP contribution in [0.2, 0.25) is 0 Å². The van der Waals surface area contributed by atoms with Crippen LogP contribution < -0.4 is 10.6 Å². The Kier molecular flexibility index (Phi) is 4.77. The monoisotopic (exact) mass is 266 g/mol. The third kappa shape index (κ3) is 3.07. The van der Waals surface area contributed by atoms with Crippen LogP contribution in [0.1, 0.15) is 44.2 Å². The quantitative estimate of drug-likeness (QED) is 0.861. The molecule has 0 radical (unpaired) electrons. The zero-order chi connectivity index (χ0) is 13.8. The van der Waals surface area contributed by atoms with Crippen molar-refractivity contribution in [1.82, 2.24) is 0 Å². The topological polar surface area (TPSA) is 49.5 Å². The van der Waals surface area contributed by atoms with Gasteiger partial charge in [-0.3, -0.25) is 0 Å². The van der Waals surface area contributed by atoms with Crippen LogP contribution in [0.3, 0.4) is 0 Å². The maximum absolute atomic E-state index is 14.0. The van der Waals surface area contributed by atoms with E-state index in [0.29, 0.717) is 18.2 Å². The summed E-state index contributed by atoms with van der Waals surface area (Å²) in [4.78, 5) is 2.13. The van der Waals surface area contributed by atoms with Crippen molar-refractivity contribution in [2.24, 2.45) is 5.73 Å². The largest absolute Gasteiger partial charge is 0.395 e. The lowest BCUT2D eigenvalue weighted by atomic mass is 10.0. The molecule has 0 heterocycles. The van der Waals surface area contributed by atoms with Gasteiger partial charge in [0.1, 0.15) is 5.82 Å². The average molecular weight is 266 g/mol. The van der Waals surface area contributed by atoms with E-state index in [1.807, 2.05) is 6.07 Å². The maximum Gasteiger partial charge on any atom is 0.130 e. The molecular formula is C15H23FN2O. The molecule has 2 rings (SSSR count). The van der Waals surface area contributed by atoms with Gasteiger partial charge in [-0.2, -0.15) is 0 Å². The Morgan fingerprint density at radius 3 is 2.68 bits per heavy atom.